The Morgan fingerprint density at radius 1 is 1.45 bits per heavy atom. The Morgan fingerprint density at radius 3 is 3.00 bits per heavy atom. The van der Waals surface area contributed by atoms with Gasteiger partial charge in [-0.15, -0.1) is 0 Å². The van der Waals surface area contributed by atoms with E-state index in [9.17, 15) is 0 Å². The zero-order valence-corrected chi connectivity index (χ0v) is 12.4. The van der Waals surface area contributed by atoms with Crippen LogP contribution in [0.2, 0.25) is 0 Å². The smallest absolute Gasteiger partial charge is 0.162 e. The molecule has 2 aromatic heterocycles. The average Bonchev–Trinajstić information content (AvgIpc) is 3.07. The number of methoxy groups -OCH3 is 1. The molecule has 110 valence electrons. The SMILES string of the molecule is CCNC(CC)c1ccn(Cc2cc(COC)on2)c1. The number of hydrogen-bond acceptors (Lipinski definition) is 4. The summed E-state index contributed by atoms with van der Waals surface area (Å²) in [7, 11) is 1.64. The summed E-state index contributed by atoms with van der Waals surface area (Å²) in [4.78, 5) is 0. The molecule has 20 heavy (non-hydrogen) atoms. The maximum Gasteiger partial charge on any atom is 0.162 e. The first-order valence-electron chi connectivity index (χ1n) is 7.09. The molecule has 0 aromatic carbocycles. The summed E-state index contributed by atoms with van der Waals surface area (Å²) < 4.78 is 12.3. The van der Waals surface area contributed by atoms with Gasteiger partial charge in [0.1, 0.15) is 12.3 Å². The highest BCUT2D eigenvalue weighted by molar-refractivity contribution is 5.17. The van der Waals surface area contributed by atoms with Gasteiger partial charge in [0.25, 0.3) is 0 Å². The first-order valence-corrected chi connectivity index (χ1v) is 7.09. The second kappa shape index (κ2) is 7.26. The van der Waals surface area contributed by atoms with Crippen molar-refractivity contribution in [3.05, 3.63) is 41.5 Å². The molecule has 5 heteroatoms. The zero-order chi connectivity index (χ0) is 14.4. The third-order valence-corrected chi connectivity index (χ3v) is 3.27. The second-order valence-electron chi connectivity index (χ2n) is 4.85. The van der Waals surface area contributed by atoms with E-state index in [-0.39, 0.29) is 0 Å². The van der Waals surface area contributed by atoms with Crippen molar-refractivity contribution in [1.29, 1.82) is 0 Å². The lowest BCUT2D eigenvalue weighted by molar-refractivity contribution is 0.155. The summed E-state index contributed by atoms with van der Waals surface area (Å²) in [5.74, 6) is 0.758. The van der Waals surface area contributed by atoms with Gasteiger partial charge in [-0.1, -0.05) is 19.0 Å². The van der Waals surface area contributed by atoms with E-state index in [0.717, 1.165) is 31.0 Å². The van der Waals surface area contributed by atoms with Gasteiger partial charge >= 0.3 is 0 Å². The lowest BCUT2D eigenvalue weighted by Crippen LogP contribution is -2.19. The molecule has 0 saturated heterocycles. The number of nitrogens with zero attached hydrogens (tertiary/aromatic N) is 2. The number of hydrogen-bond donors (Lipinski definition) is 1. The Labute approximate surface area is 119 Å². The lowest BCUT2D eigenvalue weighted by Gasteiger charge is -2.13. The van der Waals surface area contributed by atoms with Gasteiger partial charge in [-0.3, -0.25) is 0 Å². The van der Waals surface area contributed by atoms with Crippen LogP contribution in [0.15, 0.2) is 29.0 Å². The van der Waals surface area contributed by atoms with Crippen molar-refractivity contribution in [2.75, 3.05) is 13.7 Å². The van der Waals surface area contributed by atoms with E-state index in [2.05, 4.69) is 47.3 Å². The molecule has 5 nitrogen and oxygen atoms in total. The molecule has 1 atom stereocenters. The molecule has 0 aliphatic rings. The monoisotopic (exact) mass is 277 g/mol. The highest BCUT2D eigenvalue weighted by Gasteiger charge is 2.10. The van der Waals surface area contributed by atoms with Crippen molar-refractivity contribution in [1.82, 2.24) is 15.0 Å². The molecule has 0 spiro atoms. The van der Waals surface area contributed by atoms with E-state index >= 15 is 0 Å². The summed E-state index contributed by atoms with van der Waals surface area (Å²) in [5.41, 5.74) is 2.23. The Balaban J connectivity index is 2.01. The molecule has 2 rings (SSSR count). The van der Waals surface area contributed by atoms with E-state index in [1.165, 1.54) is 5.56 Å². The molecule has 0 fully saturated rings. The van der Waals surface area contributed by atoms with Crippen LogP contribution in [-0.2, 0) is 17.9 Å². The van der Waals surface area contributed by atoms with Gasteiger partial charge in [-0.25, -0.2) is 0 Å². The minimum Gasteiger partial charge on any atom is -0.377 e. The predicted molar refractivity (Wildman–Crippen MR) is 77.5 cm³/mol. The molecule has 0 aliphatic heterocycles. The first kappa shape index (κ1) is 14.8. The Hall–Kier alpha value is -1.59. The van der Waals surface area contributed by atoms with Crippen LogP contribution >= 0.6 is 0 Å². The molecular formula is C15H23N3O2. The summed E-state index contributed by atoms with van der Waals surface area (Å²) in [5, 5.41) is 7.53. The molecule has 0 radical (unpaired) electrons. The van der Waals surface area contributed by atoms with Crippen molar-refractivity contribution in [2.45, 2.75) is 39.5 Å². The highest BCUT2D eigenvalue weighted by Crippen LogP contribution is 2.17. The van der Waals surface area contributed by atoms with Crippen molar-refractivity contribution >= 4 is 0 Å². The molecule has 1 unspecified atom stereocenters. The van der Waals surface area contributed by atoms with Crippen LogP contribution < -0.4 is 5.32 Å². The van der Waals surface area contributed by atoms with Gasteiger partial charge in [-0.05, 0) is 24.6 Å². The van der Waals surface area contributed by atoms with Crippen LogP contribution in [0, 0.1) is 0 Å². The molecular weight excluding hydrogens is 254 g/mol. The molecule has 2 aromatic rings. The summed E-state index contributed by atoms with van der Waals surface area (Å²) >= 11 is 0. The quantitative estimate of drug-likeness (QED) is 0.806. The third-order valence-electron chi connectivity index (χ3n) is 3.27. The average molecular weight is 277 g/mol. The van der Waals surface area contributed by atoms with E-state index in [4.69, 9.17) is 9.26 Å². The van der Waals surface area contributed by atoms with Crippen molar-refractivity contribution < 1.29 is 9.26 Å². The summed E-state index contributed by atoms with van der Waals surface area (Å²) in [6.07, 6.45) is 5.33. The van der Waals surface area contributed by atoms with Crippen molar-refractivity contribution in [3.8, 4) is 0 Å². The topological polar surface area (TPSA) is 52.2 Å². The largest absolute Gasteiger partial charge is 0.377 e. The zero-order valence-electron chi connectivity index (χ0n) is 12.4. The minimum absolute atomic E-state index is 0.419. The summed E-state index contributed by atoms with van der Waals surface area (Å²) in [6, 6.07) is 4.51. The molecule has 1 N–H and O–H groups in total. The fourth-order valence-electron chi connectivity index (χ4n) is 2.34. The molecule has 0 bridgehead atoms. The van der Waals surface area contributed by atoms with E-state index in [0.29, 0.717) is 12.6 Å². The van der Waals surface area contributed by atoms with E-state index in [1.54, 1.807) is 7.11 Å². The normalized spacial score (nSPS) is 12.8. The van der Waals surface area contributed by atoms with Gasteiger partial charge in [-0.2, -0.15) is 0 Å². The molecule has 0 saturated carbocycles. The van der Waals surface area contributed by atoms with Gasteiger partial charge < -0.3 is 19.1 Å². The fourth-order valence-corrected chi connectivity index (χ4v) is 2.34. The maximum absolute atomic E-state index is 5.19. The van der Waals surface area contributed by atoms with Crippen LogP contribution in [-0.4, -0.2) is 23.4 Å². The number of nitrogens with one attached hydrogen (secondary N) is 1. The molecule has 0 aliphatic carbocycles. The van der Waals surface area contributed by atoms with Crippen LogP contribution in [0.25, 0.3) is 0 Å². The standard InChI is InChI=1S/C15H23N3O2/c1-4-15(16-5-2)12-6-7-18(9-12)10-13-8-14(11-19-3)20-17-13/h6-9,15-16H,4-5,10-11H2,1-3H3. The molecule has 0 amide bonds. The lowest BCUT2D eigenvalue weighted by atomic mass is 10.1. The Kier molecular flexibility index (Phi) is 5.38. The van der Waals surface area contributed by atoms with Gasteiger partial charge in [0.15, 0.2) is 5.76 Å². The van der Waals surface area contributed by atoms with Crippen LogP contribution in [0.5, 0.6) is 0 Å². The first-order chi connectivity index (χ1) is 9.76. The third kappa shape index (κ3) is 3.71. The van der Waals surface area contributed by atoms with Gasteiger partial charge in [0.05, 0.1) is 6.54 Å². The Bertz CT molecular complexity index is 519. The predicted octanol–water partition coefficient (Wildman–Crippen LogP) is 2.73. The molecule has 2 heterocycles. The minimum atomic E-state index is 0.419. The van der Waals surface area contributed by atoms with E-state index < -0.39 is 0 Å². The fraction of sp³-hybridized carbons (Fsp3) is 0.533. The number of rotatable bonds is 8. The van der Waals surface area contributed by atoms with E-state index in [1.807, 2.05) is 6.07 Å². The van der Waals surface area contributed by atoms with Crippen LogP contribution in [0.4, 0.5) is 0 Å². The number of aromatic nitrogens is 2. The van der Waals surface area contributed by atoms with Crippen molar-refractivity contribution in [3.63, 3.8) is 0 Å². The number of ether oxygens (including phenoxy) is 1. The van der Waals surface area contributed by atoms with Gasteiger partial charge in [0.2, 0.25) is 0 Å². The van der Waals surface area contributed by atoms with Gasteiger partial charge in [0, 0.05) is 31.6 Å². The Morgan fingerprint density at radius 2 is 2.30 bits per heavy atom. The van der Waals surface area contributed by atoms with Crippen molar-refractivity contribution in [2.24, 2.45) is 0 Å². The highest BCUT2D eigenvalue weighted by atomic mass is 16.5. The second-order valence-corrected chi connectivity index (χ2v) is 4.85. The van der Waals surface area contributed by atoms with Crippen LogP contribution in [0.3, 0.4) is 0 Å². The maximum atomic E-state index is 5.19. The summed E-state index contributed by atoms with van der Waals surface area (Å²) in [6.45, 7) is 6.48. The van der Waals surface area contributed by atoms with Crippen LogP contribution in [0.1, 0.15) is 43.3 Å².